The fraction of sp³-hybridized carbons (Fsp3) is 0.214. The topological polar surface area (TPSA) is 61.5 Å². The van der Waals surface area contributed by atoms with Crippen LogP contribution in [0, 0.1) is 5.82 Å². The number of hydroxylamine groups is 2. The molecule has 1 unspecified atom stereocenters. The third-order valence-corrected chi connectivity index (χ3v) is 6.34. The molecule has 1 saturated heterocycles. The second-order valence-electron chi connectivity index (χ2n) is 8.66. The van der Waals surface area contributed by atoms with Crippen LogP contribution in [-0.4, -0.2) is 52.3 Å². The van der Waals surface area contributed by atoms with Crippen molar-refractivity contribution in [3.05, 3.63) is 102 Å². The van der Waals surface area contributed by atoms with E-state index in [1.807, 2.05) is 60.8 Å². The summed E-state index contributed by atoms with van der Waals surface area (Å²) in [7, 11) is 0. The van der Waals surface area contributed by atoms with Crippen LogP contribution >= 0.6 is 0 Å². The molecule has 0 amide bonds. The molecule has 1 N–H and O–H groups in total. The Labute approximate surface area is 203 Å². The highest BCUT2D eigenvalue weighted by Gasteiger charge is 2.28. The van der Waals surface area contributed by atoms with Crippen molar-refractivity contribution >= 4 is 5.97 Å². The first-order valence-electron chi connectivity index (χ1n) is 11.7. The van der Waals surface area contributed by atoms with Gasteiger partial charge in [0.05, 0.1) is 12.2 Å². The summed E-state index contributed by atoms with van der Waals surface area (Å²) in [4.78, 5) is 18.9. The van der Waals surface area contributed by atoms with Gasteiger partial charge in [0.1, 0.15) is 5.82 Å². The summed E-state index contributed by atoms with van der Waals surface area (Å²) in [5.74, 6) is -0.571. The van der Waals surface area contributed by atoms with Crippen molar-refractivity contribution < 1.29 is 14.0 Å². The number of halogens is 1. The monoisotopic (exact) mass is 470 g/mol. The largest absolute Gasteiger partial charge is 0.368 e. The molecule has 5 rings (SSSR count). The van der Waals surface area contributed by atoms with E-state index in [-0.39, 0.29) is 17.8 Å². The van der Waals surface area contributed by atoms with Gasteiger partial charge in [-0.05, 0) is 34.4 Å². The molecule has 1 fully saturated rings. The Morgan fingerprint density at radius 1 is 0.914 bits per heavy atom. The fourth-order valence-corrected chi connectivity index (χ4v) is 4.67. The summed E-state index contributed by atoms with van der Waals surface area (Å²) in [5.41, 5.74) is 5.59. The van der Waals surface area contributed by atoms with Crippen molar-refractivity contribution in [2.75, 3.05) is 26.2 Å². The minimum atomic E-state index is -0.314. The van der Waals surface area contributed by atoms with Gasteiger partial charge >= 0.3 is 5.97 Å². The van der Waals surface area contributed by atoms with Crippen LogP contribution in [0.4, 0.5) is 4.39 Å². The smallest absolute Gasteiger partial charge is 0.322 e. The summed E-state index contributed by atoms with van der Waals surface area (Å²) in [6.07, 6.45) is 3.68. The number of H-pyrrole nitrogens is 1. The van der Waals surface area contributed by atoms with E-state index in [2.05, 4.69) is 27.2 Å². The van der Waals surface area contributed by atoms with Crippen molar-refractivity contribution in [2.45, 2.75) is 13.0 Å². The molecule has 35 heavy (non-hydrogen) atoms. The number of carbonyl (C=O) groups is 1. The van der Waals surface area contributed by atoms with Gasteiger partial charge in [0.15, 0.2) is 0 Å². The first-order valence-corrected chi connectivity index (χ1v) is 11.7. The molecule has 6 nitrogen and oxygen atoms in total. The summed E-state index contributed by atoms with van der Waals surface area (Å²) in [6, 6.07) is 23.3. The van der Waals surface area contributed by atoms with Gasteiger partial charge in [-0.3, -0.25) is 14.8 Å². The molecule has 1 aliphatic heterocycles. The van der Waals surface area contributed by atoms with Crippen LogP contribution in [0.2, 0.25) is 0 Å². The quantitative estimate of drug-likeness (QED) is 0.426. The molecular formula is C28H27FN4O2. The fourth-order valence-electron chi connectivity index (χ4n) is 4.67. The standard InChI is InChI=1S/C28H27FN4O2/c1-20(34)35-33-15-13-32(14-16-33)28(25-18-30-31-19-25)24-11-12-27(29)26(17-24)23-9-7-22(8-10-23)21-5-3-2-4-6-21/h2-12,17-19,28H,13-16H2,1H3,(H,30,31). The third kappa shape index (κ3) is 5.16. The number of carbonyl (C=O) groups excluding carboxylic acids is 1. The maximum Gasteiger partial charge on any atom is 0.322 e. The number of benzene rings is 3. The SMILES string of the molecule is CC(=O)ON1CCN(C(c2cn[nH]c2)c2ccc(F)c(-c3ccc(-c4ccccc4)cc3)c2)CC1. The molecule has 0 bridgehead atoms. The van der Waals surface area contributed by atoms with Gasteiger partial charge < -0.3 is 4.84 Å². The lowest BCUT2D eigenvalue weighted by Gasteiger charge is -2.38. The summed E-state index contributed by atoms with van der Waals surface area (Å²) in [6.45, 7) is 4.00. The number of hydrogen-bond acceptors (Lipinski definition) is 5. The molecule has 1 aliphatic rings. The molecular weight excluding hydrogens is 443 g/mol. The van der Waals surface area contributed by atoms with Gasteiger partial charge in [0, 0.05) is 50.4 Å². The van der Waals surface area contributed by atoms with Crippen molar-refractivity contribution in [1.82, 2.24) is 20.2 Å². The minimum absolute atomic E-state index is 0.101. The second-order valence-corrected chi connectivity index (χ2v) is 8.66. The molecule has 3 aromatic carbocycles. The van der Waals surface area contributed by atoms with E-state index in [9.17, 15) is 4.79 Å². The first-order chi connectivity index (χ1) is 17.1. The van der Waals surface area contributed by atoms with E-state index in [4.69, 9.17) is 4.84 Å². The lowest BCUT2D eigenvalue weighted by Crippen LogP contribution is -2.48. The zero-order valence-electron chi connectivity index (χ0n) is 19.5. The highest BCUT2D eigenvalue weighted by molar-refractivity contribution is 5.71. The molecule has 7 heteroatoms. The number of nitrogens with zero attached hydrogens (tertiary/aromatic N) is 3. The Morgan fingerprint density at radius 3 is 2.26 bits per heavy atom. The van der Waals surface area contributed by atoms with Crippen LogP contribution in [0.25, 0.3) is 22.3 Å². The van der Waals surface area contributed by atoms with Gasteiger partial charge in [0.25, 0.3) is 0 Å². The van der Waals surface area contributed by atoms with Crippen molar-refractivity contribution in [2.24, 2.45) is 0 Å². The summed E-state index contributed by atoms with van der Waals surface area (Å²) >= 11 is 0. The number of aromatic nitrogens is 2. The molecule has 1 aromatic heterocycles. The van der Waals surface area contributed by atoms with E-state index in [1.165, 1.54) is 13.0 Å². The van der Waals surface area contributed by atoms with Crippen molar-refractivity contribution in [3.63, 3.8) is 0 Å². The Bertz CT molecular complexity index is 1270. The zero-order valence-corrected chi connectivity index (χ0v) is 19.5. The van der Waals surface area contributed by atoms with Crippen molar-refractivity contribution in [3.8, 4) is 22.3 Å². The molecule has 1 atom stereocenters. The van der Waals surface area contributed by atoms with Crippen LogP contribution < -0.4 is 0 Å². The molecule has 0 spiro atoms. The number of hydrogen-bond donors (Lipinski definition) is 1. The van der Waals surface area contributed by atoms with Crippen LogP contribution in [0.3, 0.4) is 0 Å². The number of aromatic amines is 1. The Hall–Kier alpha value is -3.81. The number of nitrogens with one attached hydrogen (secondary N) is 1. The maximum atomic E-state index is 15.0. The normalized spacial score (nSPS) is 15.6. The molecule has 0 aliphatic carbocycles. The Kier molecular flexibility index (Phi) is 6.70. The van der Waals surface area contributed by atoms with Crippen LogP contribution in [0.15, 0.2) is 85.2 Å². The minimum Gasteiger partial charge on any atom is -0.368 e. The number of rotatable bonds is 6. The van der Waals surface area contributed by atoms with E-state index in [0.717, 1.165) is 27.8 Å². The van der Waals surface area contributed by atoms with Crippen LogP contribution in [0.5, 0.6) is 0 Å². The molecule has 0 saturated carbocycles. The van der Waals surface area contributed by atoms with Gasteiger partial charge in [-0.2, -0.15) is 5.10 Å². The molecule has 178 valence electrons. The third-order valence-electron chi connectivity index (χ3n) is 6.34. The molecule has 0 radical (unpaired) electrons. The van der Waals surface area contributed by atoms with Gasteiger partial charge in [-0.15, -0.1) is 5.06 Å². The first kappa shape index (κ1) is 23.0. The van der Waals surface area contributed by atoms with Gasteiger partial charge in [-0.25, -0.2) is 4.39 Å². The highest BCUT2D eigenvalue weighted by Crippen LogP contribution is 2.34. The zero-order chi connectivity index (χ0) is 24.2. The van der Waals surface area contributed by atoms with Gasteiger partial charge in [-0.1, -0.05) is 60.7 Å². The van der Waals surface area contributed by atoms with Crippen molar-refractivity contribution in [1.29, 1.82) is 0 Å². The number of piperazine rings is 1. The van der Waals surface area contributed by atoms with Gasteiger partial charge in [0.2, 0.25) is 0 Å². The van der Waals surface area contributed by atoms with Crippen LogP contribution in [-0.2, 0) is 9.63 Å². The second kappa shape index (κ2) is 10.2. The predicted molar refractivity (Wildman–Crippen MR) is 133 cm³/mol. The van der Waals surface area contributed by atoms with E-state index >= 15 is 4.39 Å². The predicted octanol–water partition coefficient (Wildman–Crippen LogP) is 5.07. The average Bonchev–Trinajstić information content (AvgIpc) is 3.41. The summed E-state index contributed by atoms with van der Waals surface area (Å²) in [5, 5.41) is 8.74. The Morgan fingerprint density at radius 2 is 1.60 bits per heavy atom. The lowest BCUT2D eigenvalue weighted by atomic mass is 9.94. The maximum absolute atomic E-state index is 15.0. The van der Waals surface area contributed by atoms with E-state index < -0.39 is 0 Å². The lowest BCUT2D eigenvalue weighted by molar-refractivity contribution is -0.195. The molecule has 2 heterocycles. The molecule has 4 aromatic rings. The average molecular weight is 471 g/mol. The summed E-state index contributed by atoms with van der Waals surface area (Å²) < 4.78 is 15.0. The Balaban J connectivity index is 1.44. The van der Waals surface area contributed by atoms with E-state index in [1.54, 1.807) is 11.3 Å². The highest BCUT2D eigenvalue weighted by atomic mass is 19.1. The van der Waals surface area contributed by atoms with Crippen LogP contribution in [0.1, 0.15) is 24.1 Å². The van der Waals surface area contributed by atoms with E-state index in [0.29, 0.717) is 31.7 Å².